The predicted molar refractivity (Wildman–Crippen MR) is 84.8 cm³/mol. The van der Waals surface area contributed by atoms with Gasteiger partial charge in [-0.2, -0.15) is 0 Å². The molecule has 0 bridgehead atoms. The molecule has 120 valence electrons. The lowest BCUT2D eigenvalue weighted by Gasteiger charge is -2.16. The van der Waals surface area contributed by atoms with Crippen molar-refractivity contribution in [3.8, 4) is 28.7 Å². The van der Waals surface area contributed by atoms with Gasteiger partial charge in [-0.3, -0.25) is 4.79 Å². The monoisotopic (exact) mass is 317 g/mol. The maximum atomic E-state index is 12.7. The fraction of sp³-hybridized carbons (Fsp3) is 0.188. The summed E-state index contributed by atoms with van der Waals surface area (Å²) in [6, 6.07) is 4.14. The zero-order valence-corrected chi connectivity index (χ0v) is 12.7. The van der Waals surface area contributed by atoms with Crippen molar-refractivity contribution in [3.05, 3.63) is 28.4 Å². The minimum absolute atomic E-state index is 0.0442. The van der Waals surface area contributed by atoms with Gasteiger partial charge < -0.3 is 29.4 Å². The maximum Gasteiger partial charge on any atom is 0.203 e. The molecule has 0 unspecified atom stereocenters. The third kappa shape index (κ3) is 1.86. The van der Waals surface area contributed by atoms with Crippen LogP contribution in [0.4, 0.5) is 0 Å². The van der Waals surface area contributed by atoms with Gasteiger partial charge in [0.1, 0.15) is 0 Å². The van der Waals surface area contributed by atoms with Crippen molar-refractivity contribution in [1.82, 2.24) is 4.57 Å². The van der Waals surface area contributed by atoms with Gasteiger partial charge in [0, 0.05) is 13.1 Å². The van der Waals surface area contributed by atoms with E-state index in [-0.39, 0.29) is 39.3 Å². The Morgan fingerprint density at radius 1 is 1.04 bits per heavy atom. The van der Waals surface area contributed by atoms with Gasteiger partial charge >= 0.3 is 0 Å². The van der Waals surface area contributed by atoms with Crippen molar-refractivity contribution < 1.29 is 24.8 Å². The Hall–Kier alpha value is -3.09. The fourth-order valence-electron chi connectivity index (χ4n) is 2.80. The zero-order chi connectivity index (χ0) is 16.9. The number of aromatic nitrogens is 1. The predicted octanol–water partition coefficient (Wildman–Crippen LogP) is 1.83. The summed E-state index contributed by atoms with van der Waals surface area (Å²) in [6.07, 6.45) is 0. The van der Waals surface area contributed by atoms with E-state index in [0.29, 0.717) is 5.52 Å². The van der Waals surface area contributed by atoms with Crippen LogP contribution in [0.1, 0.15) is 0 Å². The molecule has 0 atom stereocenters. The number of pyridine rings is 1. The molecule has 0 saturated carbocycles. The van der Waals surface area contributed by atoms with Crippen LogP contribution in [0.15, 0.2) is 23.0 Å². The summed E-state index contributed by atoms with van der Waals surface area (Å²) in [4.78, 5) is 12.7. The third-order valence-corrected chi connectivity index (χ3v) is 3.92. The van der Waals surface area contributed by atoms with E-state index in [1.165, 1.54) is 37.0 Å². The number of ether oxygens (including phenoxy) is 2. The first-order chi connectivity index (χ1) is 10.9. The molecule has 3 aromatic rings. The highest BCUT2D eigenvalue weighted by Gasteiger charge is 2.22. The number of methoxy groups -OCH3 is 2. The normalized spacial score (nSPS) is 11.1. The minimum atomic E-state index is -0.484. The van der Waals surface area contributed by atoms with Crippen molar-refractivity contribution >= 4 is 21.8 Å². The van der Waals surface area contributed by atoms with E-state index in [1.54, 1.807) is 7.05 Å². The van der Waals surface area contributed by atoms with Crippen molar-refractivity contribution in [3.63, 3.8) is 0 Å². The summed E-state index contributed by atoms with van der Waals surface area (Å²) in [5, 5.41) is 30.4. The average molecular weight is 317 g/mol. The van der Waals surface area contributed by atoms with E-state index in [0.717, 1.165) is 0 Å². The Balaban J connectivity index is 2.66. The van der Waals surface area contributed by atoms with Gasteiger partial charge in [-0.1, -0.05) is 0 Å². The summed E-state index contributed by atoms with van der Waals surface area (Å²) in [7, 11) is 4.37. The Morgan fingerprint density at radius 3 is 2.35 bits per heavy atom. The number of aromatic hydroxyl groups is 3. The lowest BCUT2D eigenvalue weighted by Crippen LogP contribution is -2.10. The van der Waals surface area contributed by atoms with Crippen LogP contribution in [0.3, 0.4) is 0 Å². The van der Waals surface area contributed by atoms with Crippen LogP contribution in [0.2, 0.25) is 0 Å². The van der Waals surface area contributed by atoms with Gasteiger partial charge in [-0.05, 0) is 12.1 Å². The summed E-state index contributed by atoms with van der Waals surface area (Å²) in [5.74, 6) is -0.780. The first-order valence-corrected chi connectivity index (χ1v) is 6.73. The molecule has 1 aromatic heterocycles. The smallest absolute Gasteiger partial charge is 0.203 e. The molecular weight excluding hydrogens is 302 g/mol. The lowest BCUT2D eigenvalue weighted by atomic mass is 10.1. The molecule has 0 saturated heterocycles. The number of aryl methyl sites for hydroxylation is 1. The van der Waals surface area contributed by atoms with Crippen LogP contribution in [0.25, 0.3) is 21.8 Å². The number of benzene rings is 2. The molecule has 0 spiro atoms. The molecule has 1 heterocycles. The van der Waals surface area contributed by atoms with Crippen LogP contribution in [-0.4, -0.2) is 34.1 Å². The number of hydrogen-bond acceptors (Lipinski definition) is 6. The molecule has 0 fully saturated rings. The maximum absolute atomic E-state index is 12.7. The van der Waals surface area contributed by atoms with E-state index in [4.69, 9.17) is 9.47 Å². The van der Waals surface area contributed by atoms with E-state index in [9.17, 15) is 20.1 Å². The van der Waals surface area contributed by atoms with Crippen molar-refractivity contribution in [2.45, 2.75) is 0 Å². The van der Waals surface area contributed by atoms with Gasteiger partial charge in [-0.15, -0.1) is 0 Å². The van der Waals surface area contributed by atoms with Crippen LogP contribution in [0.5, 0.6) is 28.7 Å². The highest BCUT2D eigenvalue weighted by molar-refractivity contribution is 6.01. The van der Waals surface area contributed by atoms with Crippen molar-refractivity contribution in [1.29, 1.82) is 0 Å². The van der Waals surface area contributed by atoms with Crippen LogP contribution < -0.4 is 14.9 Å². The van der Waals surface area contributed by atoms with Gasteiger partial charge in [-0.25, -0.2) is 0 Å². The number of hydrogen-bond donors (Lipinski definition) is 3. The molecule has 7 nitrogen and oxygen atoms in total. The van der Waals surface area contributed by atoms with Crippen molar-refractivity contribution in [2.24, 2.45) is 7.05 Å². The quantitative estimate of drug-likeness (QED) is 0.492. The highest BCUT2D eigenvalue weighted by Crippen LogP contribution is 2.43. The van der Waals surface area contributed by atoms with Gasteiger partial charge in [0.05, 0.1) is 36.0 Å². The van der Waals surface area contributed by atoms with E-state index in [2.05, 4.69) is 0 Å². The Kier molecular flexibility index (Phi) is 3.21. The van der Waals surface area contributed by atoms with Gasteiger partial charge in [0.2, 0.25) is 11.2 Å². The summed E-state index contributed by atoms with van der Waals surface area (Å²) >= 11 is 0. The third-order valence-electron chi connectivity index (χ3n) is 3.92. The largest absolute Gasteiger partial charge is 0.504 e. The number of phenolic OH excluding ortho intramolecular Hbond substituents is 3. The Labute approximate surface area is 130 Å². The number of phenols is 3. The second-order valence-electron chi connectivity index (χ2n) is 5.07. The molecule has 3 rings (SSSR count). The average Bonchev–Trinajstić information content (AvgIpc) is 2.54. The van der Waals surface area contributed by atoms with E-state index >= 15 is 0 Å². The number of rotatable bonds is 2. The standard InChI is InChI=1S/C16H15NO6/c1-17-8-6-10(22-2)16(23-3)15(21)11(8)13(19)7-4-5-9(18)14(20)12(7)17/h4-6,18,20-21H,1-3H3. The van der Waals surface area contributed by atoms with E-state index < -0.39 is 11.2 Å². The topological polar surface area (TPSA) is 101 Å². The summed E-state index contributed by atoms with van der Waals surface area (Å²) in [6.45, 7) is 0. The number of nitrogens with zero attached hydrogens (tertiary/aromatic N) is 1. The Bertz CT molecular complexity index is 1010. The first-order valence-electron chi connectivity index (χ1n) is 6.73. The molecular formula is C16H15NO6. The van der Waals surface area contributed by atoms with Crippen molar-refractivity contribution in [2.75, 3.05) is 14.2 Å². The molecule has 0 amide bonds. The molecule has 0 aliphatic carbocycles. The molecule has 0 radical (unpaired) electrons. The molecule has 3 N–H and O–H groups in total. The van der Waals surface area contributed by atoms with E-state index in [1.807, 2.05) is 0 Å². The first kappa shape index (κ1) is 14.8. The molecule has 0 aliphatic heterocycles. The molecule has 7 heteroatoms. The van der Waals surface area contributed by atoms with Crippen LogP contribution in [-0.2, 0) is 7.05 Å². The Morgan fingerprint density at radius 2 is 1.74 bits per heavy atom. The zero-order valence-electron chi connectivity index (χ0n) is 12.7. The number of fused-ring (bicyclic) bond motifs is 2. The van der Waals surface area contributed by atoms with Gasteiger partial charge in [0.15, 0.2) is 23.0 Å². The van der Waals surface area contributed by atoms with Crippen LogP contribution in [0, 0.1) is 0 Å². The SMILES string of the molecule is COc1cc2c(c(O)c1OC)c(=O)c1ccc(O)c(O)c1n2C. The van der Waals surface area contributed by atoms with Crippen LogP contribution >= 0.6 is 0 Å². The summed E-state index contributed by atoms with van der Waals surface area (Å²) < 4.78 is 11.8. The second-order valence-corrected chi connectivity index (χ2v) is 5.07. The lowest BCUT2D eigenvalue weighted by molar-refractivity contribution is 0.335. The molecule has 23 heavy (non-hydrogen) atoms. The second kappa shape index (κ2) is 4.98. The molecule has 0 aliphatic rings. The minimum Gasteiger partial charge on any atom is -0.504 e. The summed E-state index contributed by atoms with van der Waals surface area (Å²) in [5.41, 5.74) is 0.00882. The fourth-order valence-corrected chi connectivity index (χ4v) is 2.80. The van der Waals surface area contributed by atoms with Gasteiger partial charge in [0.25, 0.3) is 0 Å². The highest BCUT2D eigenvalue weighted by atomic mass is 16.5. The molecule has 2 aromatic carbocycles.